The summed E-state index contributed by atoms with van der Waals surface area (Å²) < 4.78 is 21.1. The number of ether oxygens (including phenoxy) is 4. The van der Waals surface area contributed by atoms with Crippen molar-refractivity contribution in [2.24, 2.45) is 11.7 Å². The molecule has 0 fully saturated rings. The number of benzene rings is 1. The van der Waals surface area contributed by atoms with Gasteiger partial charge >= 0.3 is 24.1 Å². The lowest BCUT2D eigenvalue weighted by Gasteiger charge is -2.25. The highest BCUT2D eigenvalue weighted by molar-refractivity contribution is 5.77. The minimum absolute atomic E-state index is 0.0142. The second kappa shape index (κ2) is 15.8. The second-order valence-corrected chi connectivity index (χ2v) is 9.07. The van der Waals surface area contributed by atoms with E-state index in [9.17, 15) is 24.3 Å². The molecule has 1 rings (SSSR count). The van der Waals surface area contributed by atoms with Gasteiger partial charge < -0.3 is 29.8 Å². The van der Waals surface area contributed by atoms with E-state index >= 15 is 0 Å². The summed E-state index contributed by atoms with van der Waals surface area (Å²) in [6, 6.07) is 3.07. The van der Waals surface area contributed by atoms with Crippen molar-refractivity contribution in [1.29, 1.82) is 0 Å². The summed E-state index contributed by atoms with van der Waals surface area (Å²) in [5.41, 5.74) is 6.40. The average molecular weight is 510 g/mol. The highest BCUT2D eigenvalue weighted by Gasteiger charge is 2.30. The fraction of sp³-hybridized carbons (Fsp3) is 0.615. The number of hydrogen-bond donors (Lipinski definition) is 2. The van der Waals surface area contributed by atoms with Gasteiger partial charge in [0.15, 0.2) is 11.5 Å². The first-order chi connectivity index (χ1) is 17.0. The van der Waals surface area contributed by atoms with E-state index in [4.69, 9.17) is 24.7 Å². The first kappa shape index (κ1) is 30.9. The van der Waals surface area contributed by atoms with Crippen molar-refractivity contribution in [2.75, 3.05) is 6.61 Å². The predicted octanol–water partition coefficient (Wildman–Crippen LogP) is 4.57. The van der Waals surface area contributed by atoms with Gasteiger partial charge in [-0.15, -0.1) is 0 Å². The van der Waals surface area contributed by atoms with Crippen LogP contribution in [0.4, 0.5) is 4.79 Å². The highest BCUT2D eigenvalue weighted by atomic mass is 16.7. The van der Waals surface area contributed by atoms with Gasteiger partial charge in [0.05, 0.1) is 6.61 Å². The van der Waals surface area contributed by atoms with Gasteiger partial charge in [0.1, 0.15) is 12.1 Å². The number of aliphatic carboxylic acids is 1. The number of hydrogen-bond acceptors (Lipinski definition) is 9. The van der Waals surface area contributed by atoms with Gasteiger partial charge in [-0.3, -0.25) is 14.4 Å². The first-order valence-electron chi connectivity index (χ1n) is 12.3. The number of rotatable bonds is 15. The van der Waals surface area contributed by atoms with Gasteiger partial charge in [-0.25, -0.2) is 4.79 Å². The molecule has 10 nitrogen and oxygen atoms in total. The summed E-state index contributed by atoms with van der Waals surface area (Å²) in [7, 11) is 0. The van der Waals surface area contributed by atoms with Crippen molar-refractivity contribution < 1.29 is 43.2 Å². The first-order valence-corrected chi connectivity index (χ1v) is 12.3. The van der Waals surface area contributed by atoms with E-state index < -0.39 is 42.1 Å². The molecule has 3 N–H and O–H groups in total. The molecule has 0 heterocycles. The second-order valence-electron chi connectivity index (χ2n) is 9.07. The molecule has 3 atom stereocenters. The van der Waals surface area contributed by atoms with Crippen molar-refractivity contribution in [3.05, 3.63) is 23.8 Å². The Kier molecular flexibility index (Phi) is 13.5. The number of carboxylic acid groups (broad SMARTS) is 1. The molecule has 0 bridgehead atoms. The van der Waals surface area contributed by atoms with Crippen LogP contribution in [0.25, 0.3) is 0 Å². The number of carboxylic acids is 1. The number of carbonyl (C=O) groups is 4. The Morgan fingerprint density at radius 3 is 2.06 bits per heavy atom. The van der Waals surface area contributed by atoms with Crippen LogP contribution >= 0.6 is 0 Å². The zero-order valence-electron chi connectivity index (χ0n) is 21.8. The summed E-state index contributed by atoms with van der Waals surface area (Å²) in [5.74, 6) is -2.70. The van der Waals surface area contributed by atoms with Crippen molar-refractivity contribution in [3.8, 4) is 11.5 Å². The normalized spacial score (nSPS) is 13.4. The van der Waals surface area contributed by atoms with Gasteiger partial charge in [0.2, 0.25) is 0 Å². The topological polar surface area (TPSA) is 151 Å². The van der Waals surface area contributed by atoms with Gasteiger partial charge in [-0.1, -0.05) is 33.8 Å². The van der Waals surface area contributed by atoms with Gasteiger partial charge in [0.25, 0.3) is 0 Å². The van der Waals surface area contributed by atoms with E-state index in [1.165, 1.54) is 12.1 Å². The molecule has 2 unspecified atom stereocenters. The zero-order valence-corrected chi connectivity index (χ0v) is 21.8. The summed E-state index contributed by atoms with van der Waals surface area (Å²) >= 11 is 0. The molecule has 0 spiro atoms. The van der Waals surface area contributed by atoms with Crippen LogP contribution in [0.5, 0.6) is 11.5 Å². The Hall–Kier alpha value is -3.14. The Morgan fingerprint density at radius 2 is 1.53 bits per heavy atom. The minimum atomic E-state index is -1.35. The van der Waals surface area contributed by atoms with Crippen molar-refractivity contribution in [3.63, 3.8) is 0 Å². The van der Waals surface area contributed by atoms with Crippen molar-refractivity contribution in [2.45, 2.75) is 91.2 Å². The quantitative estimate of drug-likeness (QED) is 0.254. The Balaban J connectivity index is 3.17. The molecule has 0 radical (unpaired) electrons. The van der Waals surface area contributed by atoms with Crippen LogP contribution in [0.3, 0.4) is 0 Å². The van der Waals surface area contributed by atoms with E-state index in [1.54, 1.807) is 13.0 Å². The van der Waals surface area contributed by atoms with Crippen molar-refractivity contribution in [1.82, 2.24) is 0 Å². The molecular weight excluding hydrogens is 470 g/mol. The monoisotopic (exact) mass is 509 g/mol. The molecule has 1 aromatic rings. The van der Waals surface area contributed by atoms with Crippen LogP contribution in [0.1, 0.15) is 84.6 Å². The number of carbonyl (C=O) groups excluding carboxylic acids is 3. The third-order valence-electron chi connectivity index (χ3n) is 5.27. The maximum Gasteiger partial charge on any atom is 0.508 e. The lowest BCUT2D eigenvalue weighted by Crippen LogP contribution is -2.38. The molecule has 202 valence electrons. The molecule has 0 aliphatic carbocycles. The SMILES string of the molecule is CCCC(=O)Oc1ccc(C(CC(C)OC(=O)OCCC(C)C)[C@H](N)C(=O)O)cc1OC(=O)CCC. The molecule has 0 aliphatic rings. The van der Waals surface area contributed by atoms with E-state index in [-0.39, 0.29) is 37.4 Å². The van der Waals surface area contributed by atoms with Gasteiger partial charge in [0, 0.05) is 18.8 Å². The molecular formula is C26H39NO9. The number of esters is 2. The predicted molar refractivity (Wildman–Crippen MR) is 132 cm³/mol. The number of nitrogens with two attached hydrogens (primary N) is 1. The standard InChI is InChI=1S/C26H39NO9/c1-6-8-22(28)35-20-11-10-18(15-21(20)36-23(29)9-7-2)19(24(27)25(30)31)14-17(5)34-26(32)33-13-12-16(3)4/h10-11,15-17,19,24H,6-9,12-14,27H2,1-5H3,(H,30,31)/t17?,19?,24-/m0/s1. The van der Waals surface area contributed by atoms with E-state index in [1.807, 2.05) is 27.7 Å². The smallest absolute Gasteiger partial charge is 0.480 e. The summed E-state index contributed by atoms with van der Waals surface area (Å²) in [6.45, 7) is 9.46. The molecule has 0 saturated heterocycles. The van der Waals surface area contributed by atoms with E-state index in [0.717, 1.165) is 0 Å². The van der Waals surface area contributed by atoms with Crippen LogP contribution in [0.15, 0.2) is 18.2 Å². The fourth-order valence-corrected chi connectivity index (χ4v) is 3.32. The van der Waals surface area contributed by atoms with Crippen LogP contribution < -0.4 is 15.2 Å². The van der Waals surface area contributed by atoms with Crippen LogP contribution in [-0.2, 0) is 23.9 Å². The maximum absolute atomic E-state index is 12.2. The molecule has 0 saturated carbocycles. The zero-order chi connectivity index (χ0) is 27.3. The summed E-state index contributed by atoms with van der Waals surface area (Å²) in [4.78, 5) is 47.9. The third kappa shape index (κ3) is 11.1. The Morgan fingerprint density at radius 1 is 0.944 bits per heavy atom. The van der Waals surface area contributed by atoms with Crippen molar-refractivity contribution >= 4 is 24.1 Å². The molecule has 1 aromatic carbocycles. The molecule has 36 heavy (non-hydrogen) atoms. The molecule has 0 amide bonds. The van der Waals surface area contributed by atoms with E-state index in [2.05, 4.69) is 0 Å². The molecule has 0 aliphatic heterocycles. The maximum atomic E-state index is 12.2. The highest BCUT2D eigenvalue weighted by Crippen LogP contribution is 2.35. The largest absolute Gasteiger partial charge is 0.508 e. The average Bonchev–Trinajstić information content (AvgIpc) is 2.78. The van der Waals surface area contributed by atoms with Crippen LogP contribution in [0.2, 0.25) is 0 Å². The van der Waals surface area contributed by atoms with Crippen LogP contribution in [-0.4, -0.2) is 47.9 Å². The molecule has 0 aromatic heterocycles. The Labute approximate surface area is 212 Å². The fourth-order valence-electron chi connectivity index (χ4n) is 3.32. The van der Waals surface area contributed by atoms with Gasteiger partial charge in [-0.2, -0.15) is 0 Å². The minimum Gasteiger partial charge on any atom is -0.480 e. The Bertz CT molecular complexity index is 884. The van der Waals surface area contributed by atoms with Gasteiger partial charge in [-0.05, 0) is 56.2 Å². The lowest BCUT2D eigenvalue weighted by atomic mass is 9.87. The van der Waals surface area contributed by atoms with E-state index in [0.29, 0.717) is 30.7 Å². The summed E-state index contributed by atoms with van der Waals surface area (Å²) in [5, 5.41) is 9.58. The molecule has 10 heteroatoms. The van der Waals surface area contributed by atoms with Crippen LogP contribution in [0, 0.1) is 5.92 Å². The summed E-state index contributed by atoms with van der Waals surface area (Å²) in [6.07, 6.45) is 0.633. The lowest BCUT2D eigenvalue weighted by molar-refractivity contribution is -0.139. The third-order valence-corrected chi connectivity index (χ3v) is 5.27.